The zero-order valence-corrected chi connectivity index (χ0v) is 11.7. The summed E-state index contributed by atoms with van der Waals surface area (Å²) in [5.41, 5.74) is 2.20. The lowest BCUT2D eigenvalue weighted by Crippen LogP contribution is -2.31. The van der Waals surface area contributed by atoms with Crippen LogP contribution < -0.4 is 5.32 Å². The summed E-state index contributed by atoms with van der Waals surface area (Å²) in [4.78, 5) is 22.6. The third-order valence-electron chi connectivity index (χ3n) is 3.02. The van der Waals surface area contributed by atoms with Crippen LogP contribution in [0.15, 0.2) is 42.7 Å². The third kappa shape index (κ3) is 3.32. The zero-order valence-electron chi connectivity index (χ0n) is 11.7. The summed E-state index contributed by atoms with van der Waals surface area (Å²) < 4.78 is 0. The van der Waals surface area contributed by atoms with E-state index in [-0.39, 0.29) is 5.91 Å². The summed E-state index contributed by atoms with van der Waals surface area (Å²) in [5, 5.41) is 2.98. The van der Waals surface area contributed by atoms with E-state index in [0.717, 1.165) is 11.4 Å². The minimum absolute atomic E-state index is 0.0826. The number of anilines is 1. The molecule has 0 saturated carbocycles. The van der Waals surface area contributed by atoms with Crippen molar-refractivity contribution in [3.8, 4) is 0 Å². The van der Waals surface area contributed by atoms with E-state index >= 15 is 0 Å². The van der Waals surface area contributed by atoms with E-state index in [1.54, 1.807) is 23.4 Å². The lowest BCUT2D eigenvalue weighted by Gasteiger charge is -2.20. The molecule has 0 spiro atoms. The van der Waals surface area contributed by atoms with Gasteiger partial charge < -0.3 is 10.2 Å². The summed E-state index contributed by atoms with van der Waals surface area (Å²) >= 11 is 0. The number of rotatable bonds is 5. The molecule has 2 aromatic rings. The van der Waals surface area contributed by atoms with Crippen LogP contribution in [-0.4, -0.2) is 34.4 Å². The van der Waals surface area contributed by atoms with E-state index in [1.165, 1.54) is 0 Å². The van der Waals surface area contributed by atoms with E-state index in [4.69, 9.17) is 0 Å². The van der Waals surface area contributed by atoms with Crippen LogP contribution in [0.25, 0.3) is 0 Å². The molecule has 2 aromatic heterocycles. The van der Waals surface area contributed by atoms with E-state index in [9.17, 15) is 4.79 Å². The Morgan fingerprint density at radius 3 is 2.65 bits per heavy atom. The van der Waals surface area contributed by atoms with E-state index in [2.05, 4.69) is 15.3 Å². The second-order valence-electron chi connectivity index (χ2n) is 4.32. The number of pyridine rings is 2. The topological polar surface area (TPSA) is 58.1 Å². The quantitative estimate of drug-likeness (QED) is 0.904. The van der Waals surface area contributed by atoms with E-state index in [1.807, 2.05) is 38.2 Å². The molecule has 104 valence electrons. The Balaban J connectivity index is 2.12. The molecule has 1 amide bonds. The van der Waals surface area contributed by atoms with Gasteiger partial charge in [-0.2, -0.15) is 0 Å². The number of nitrogens with one attached hydrogen (secondary N) is 1. The summed E-state index contributed by atoms with van der Waals surface area (Å²) in [6.07, 6.45) is 3.38. The molecule has 5 nitrogen and oxygen atoms in total. The van der Waals surface area contributed by atoms with Crippen LogP contribution >= 0.6 is 0 Å². The Morgan fingerprint density at radius 1 is 1.25 bits per heavy atom. The lowest BCUT2D eigenvalue weighted by molar-refractivity contribution is 0.0744. The summed E-state index contributed by atoms with van der Waals surface area (Å²) in [7, 11) is 1.82. The molecular formula is C15H18N4O. The first-order valence-corrected chi connectivity index (χ1v) is 6.57. The maximum atomic E-state index is 12.4. The predicted molar refractivity (Wildman–Crippen MR) is 78.4 cm³/mol. The number of nitrogens with zero attached hydrogens (tertiary/aromatic N) is 3. The van der Waals surface area contributed by atoms with Gasteiger partial charge in [0.2, 0.25) is 0 Å². The van der Waals surface area contributed by atoms with Crippen LogP contribution in [0.4, 0.5) is 5.69 Å². The first kappa shape index (κ1) is 14.0. The largest absolute Gasteiger partial charge is 0.387 e. The molecule has 0 aliphatic heterocycles. The Labute approximate surface area is 118 Å². The highest BCUT2D eigenvalue weighted by atomic mass is 16.2. The van der Waals surface area contributed by atoms with Crippen molar-refractivity contribution in [2.45, 2.75) is 13.5 Å². The Hall–Kier alpha value is -2.43. The maximum absolute atomic E-state index is 12.4. The van der Waals surface area contributed by atoms with E-state index in [0.29, 0.717) is 18.8 Å². The molecule has 0 aromatic carbocycles. The molecule has 0 radical (unpaired) electrons. The third-order valence-corrected chi connectivity index (χ3v) is 3.02. The van der Waals surface area contributed by atoms with Crippen molar-refractivity contribution in [1.82, 2.24) is 14.9 Å². The average Bonchev–Trinajstić information content (AvgIpc) is 2.53. The Kier molecular flexibility index (Phi) is 4.65. The fourth-order valence-corrected chi connectivity index (χ4v) is 1.84. The smallest absolute Gasteiger partial charge is 0.272 e. The van der Waals surface area contributed by atoms with Crippen LogP contribution in [0.5, 0.6) is 0 Å². The van der Waals surface area contributed by atoms with Crippen molar-refractivity contribution < 1.29 is 4.79 Å². The van der Waals surface area contributed by atoms with Crippen molar-refractivity contribution >= 4 is 11.6 Å². The van der Waals surface area contributed by atoms with Gasteiger partial charge in [0.15, 0.2) is 0 Å². The van der Waals surface area contributed by atoms with Gasteiger partial charge in [-0.15, -0.1) is 0 Å². The Bertz CT molecular complexity index is 554. The molecule has 2 heterocycles. The van der Waals surface area contributed by atoms with Gasteiger partial charge in [-0.3, -0.25) is 9.78 Å². The van der Waals surface area contributed by atoms with Crippen LogP contribution in [0, 0.1) is 0 Å². The number of amides is 1. The maximum Gasteiger partial charge on any atom is 0.272 e. The molecule has 0 aliphatic carbocycles. The summed E-state index contributed by atoms with van der Waals surface area (Å²) in [6.45, 7) is 3.05. The fraction of sp³-hybridized carbons (Fsp3) is 0.267. The number of carbonyl (C=O) groups is 1. The second-order valence-corrected chi connectivity index (χ2v) is 4.32. The van der Waals surface area contributed by atoms with Gasteiger partial charge in [-0.05, 0) is 31.2 Å². The van der Waals surface area contributed by atoms with Crippen molar-refractivity contribution in [3.05, 3.63) is 54.1 Å². The SMILES string of the molecule is CCN(Cc1ccccn1)C(=O)c1ccc(NC)cn1. The van der Waals surface area contributed by atoms with E-state index < -0.39 is 0 Å². The van der Waals surface area contributed by atoms with Crippen LogP contribution in [-0.2, 0) is 6.54 Å². The standard InChI is InChI=1S/C15H18N4O/c1-3-19(11-13-6-4-5-9-17-13)15(20)14-8-7-12(16-2)10-18-14/h4-10,16H,3,11H2,1-2H3. The lowest BCUT2D eigenvalue weighted by atomic mass is 10.2. The van der Waals surface area contributed by atoms with Gasteiger partial charge in [0.25, 0.3) is 5.91 Å². The van der Waals surface area contributed by atoms with Crippen molar-refractivity contribution in [2.24, 2.45) is 0 Å². The average molecular weight is 270 g/mol. The van der Waals surface area contributed by atoms with Crippen molar-refractivity contribution in [1.29, 1.82) is 0 Å². The number of carbonyl (C=O) groups excluding carboxylic acids is 1. The molecule has 0 aliphatic rings. The Morgan fingerprint density at radius 2 is 2.10 bits per heavy atom. The summed E-state index contributed by atoms with van der Waals surface area (Å²) in [6, 6.07) is 9.26. The van der Waals surface area contributed by atoms with Gasteiger partial charge in [0.1, 0.15) is 5.69 Å². The van der Waals surface area contributed by atoms with Crippen LogP contribution in [0.2, 0.25) is 0 Å². The number of hydrogen-bond donors (Lipinski definition) is 1. The molecule has 5 heteroatoms. The minimum Gasteiger partial charge on any atom is -0.387 e. The molecule has 1 N–H and O–H groups in total. The molecule has 20 heavy (non-hydrogen) atoms. The number of aromatic nitrogens is 2. The monoisotopic (exact) mass is 270 g/mol. The van der Waals surface area contributed by atoms with Gasteiger partial charge >= 0.3 is 0 Å². The van der Waals surface area contributed by atoms with Gasteiger partial charge in [-0.25, -0.2) is 4.98 Å². The van der Waals surface area contributed by atoms with Gasteiger partial charge in [-0.1, -0.05) is 6.07 Å². The molecule has 0 atom stereocenters. The van der Waals surface area contributed by atoms with Crippen molar-refractivity contribution in [3.63, 3.8) is 0 Å². The highest BCUT2D eigenvalue weighted by Gasteiger charge is 2.16. The number of hydrogen-bond acceptors (Lipinski definition) is 4. The predicted octanol–water partition coefficient (Wildman–Crippen LogP) is 2.18. The summed E-state index contributed by atoms with van der Waals surface area (Å²) in [5.74, 6) is -0.0826. The zero-order chi connectivity index (χ0) is 14.4. The molecule has 2 rings (SSSR count). The van der Waals surface area contributed by atoms with Gasteiger partial charge in [0.05, 0.1) is 24.1 Å². The fourth-order valence-electron chi connectivity index (χ4n) is 1.84. The first-order chi connectivity index (χ1) is 9.74. The molecule has 0 saturated heterocycles. The highest BCUT2D eigenvalue weighted by Crippen LogP contribution is 2.09. The minimum atomic E-state index is -0.0826. The van der Waals surface area contributed by atoms with Crippen molar-refractivity contribution in [2.75, 3.05) is 18.9 Å². The second kappa shape index (κ2) is 6.65. The molecular weight excluding hydrogens is 252 g/mol. The molecule has 0 fully saturated rings. The highest BCUT2D eigenvalue weighted by molar-refractivity contribution is 5.92. The molecule has 0 bridgehead atoms. The van der Waals surface area contributed by atoms with Crippen LogP contribution in [0.1, 0.15) is 23.1 Å². The first-order valence-electron chi connectivity index (χ1n) is 6.57. The molecule has 0 unspecified atom stereocenters. The van der Waals surface area contributed by atoms with Gasteiger partial charge in [0, 0.05) is 19.8 Å². The van der Waals surface area contributed by atoms with Crippen LogP contribution in [0.3, 0.4) is 0 Å². The normalized spacial score (nSPS) is 10.1.